The van der Waals surface area contributed by atoms with Crippen molar-refractivity contribution in [3.8, 4) is 0 Å². The first-order valence-electron chi connectivity index (χ1n) is 11.1. The van der Waals surface area contributed by atoms with Gasteiger partial charge in [-0.1, -0.05) is 48.0 Å². The third-order valence-corrected chi connectivity index (χ3v) is 7.65. The van der Waals surface area contributed by atoms with Gasteiger partial charge in [0.25, 0.3) is 11.8 Å². The van der Waals surface area contributed by atoms with Gasteiger partial charge < -0.3 is 10.2 Å². The summed E-state index contributed by atoms with van der Waals surface area (Å²) in [6.07, 6.45) is 0. The highest BCUT2D eigenvalue weighted by Crippen LogP contribution is 2.36. The van der Waals surface area contributed by atoms with Gasteiger partial charge in [-0.3, -0.25) is 9.59 Å². The molecule has 0 aliphatic carbocycles. The number of fused-ring (bicyclic) bond motifs is 2. The van der Waals surface area contributed by atoms with Gasteiger partial charge in [0.2, 0.25) is 0 Å². The second-order valence-electron chi connectivity index (χ2n) is 8.27. The van der Waals surface area contributed by atoms with Crippen LogP contribution < -0.4 is 10.2 Å². The van der Waals surface area contributed by atoms with Crippen molar-refractivity contribution in [2.45, 2.75) is 22.9 Å². The van der Waals surface area contributed by atoms with E-state index in [1.165, 1.54) is 17.0 Å². The Morgan fingerprint density at radius 3 is 2.33 bits per heavy atom. The fourth-order valence-electron chi connectivity index (χ4n) is 4.02. The molecule has 180 valence electrons. The average Bonchev–Trinajstić information content (AvgIpc) is 2.98. The van der Waals surface area contributed by atoms with Crippen LogP contribution in [0.2, 0.25) is 5.02 Å². The van der Waals surface area contributed by atoms with Gasteiger partial charge in [-0.2, -0.15) is 0 Å². The minimum absolute atomic E-state index is 0.119. The van der Waals surface area contributed by atoms with E-state index in [2.05, 4.69) is 5.32 Å². The monoisotopic (exact) mass is 518 g/mol. The summed E-state index contributed by atoms with van der Waals surface area (Å²) >= 11 is 5.92. The summed E-state index contributed by atoms with van der Waals surface area (Å²) in [5.41, 5.74) is 2.59. The van der Waals surface area contributed by atoms with E-state index >= 15 is 0 Å². The van der Waals surface area contributed by atoms with E-state index < -0.39 is 10.8 Å². The fraction of sp³-hybridized carbons (Fsp3) is 0.0714. The summed E-state index contributed by atoms with van der Waals surface area (Å²) in [5.74, 6) is -1.07. The zero-order valence-electron chi connectivity index (χ0n) is 18.9. The van der Waals surface area contributed by atoms with E-state index in [0.29, 0.717) is 43.7 Å². The molecule has 1 heterocycles. The number of carbonyl (C=O) groups is 2. The van der Waals surface area contributed by atoms with Gasteiger partial charge in [-0.05, 0) is 65.7 Å². The lowest BCUT2D eigenvalue weighted by Crippen LogP contribution is -2.31. The molecular formula is C28H20ClFN2O3S. The zero-order valence-corrected chi connectivity index (χ0v) is 20.5. The molecule has 0 fully saturated rings. The van der Waals surface area contributed by atoms with Crippen LogP contribution in [-0.2, 0) is 23.9 Å². The van der Waals surface area contributed by atoms with Crippen molar-refractivity contribution in [3.05, 3.63) is 124 Å². The number of carbonyl (C=O) groups excluding carboxylic acids is 2. The van der Waals surface area contributed by atoms with E-state index in [9.17, 15) is 18.2 Å². The predicted octanol–water partition coefficient (Wildman–Crippen LogP) is 5.74. The summed E-state index contributed by atoms with van der Waals surface area (Å²) in [7, 11) is -1.63. The number of hydrogen-bond acceptors (Lipinski definition) is 3. The standard InChI is InChI=1S/C28H20ClFN2O3S/c29-21-10-5-18(6-11-21)16-31-27(33)20-9-14-26-24(15-20)32(17-19-7-12-22(30)13-8-19)28(34)23-3-1-2-4-25(23)36(26)35/h1-15H,16-17H2,(H,31,33)/t36-/m1/s1. The Hall–Kier alpha value is -3.81. The molecule has 0 saturated carbocycles. The molecule has 8 heteroatoms. The maximum atomic E-state index is 13.6. The van der Waals surface area contributed by atoms with Gasteiger partial charge in [0.05, 0.1) is 38.4 Å². The first-order chi connectivity index (χ1) is 17.4. The highest BCUT2D eigenvalue weighted by molar-refractivity contribution is 7.85. The van der Waals surface area contributed by atoms with Crippen LogP contribution >= 0.6 is 11.6 Å². The minimum atomic E-state index is -1.63. The second-order valence-corrected chi connectivity index (χ2v) is 10.1. The first kappa shape index (κ1) is 23.9. The molecule has 1 atom stereocenters. The quantitative estimate of drug-likeness (QED) is 0.366. The topological polar surface area (TPSA) is 66.5 Å². The van der Waals surface area contributed by atoms with Crippen LogP contribution in [0.4, 0.5) is 10.1 Å². The number of rotatable bonds is 5. The highest BCUT2D eigenvalue weighted by Gasteiger charge is 2.31. The van der Waals surface area contributed by atoms with Gasteiger partial charge >= 0.3 is 0 Å². The van der Waals surface area contributed by atoms with Gasteiger partial charge in [-0.25, -0.2) is 8.60 Å². The maximum Gasteiger partial charge on any atom is 0.259 e. The van der Waals surface area contributed by atoms with Crippen LogP contribution in [0.3, 0.4) is 0 Å². The van der Waals surface area contributed by atoms with Crippen molar-refractivity contribution in [2.24, 2.45) is 0 Å². The SMILES string of the molecule is O=C(NCc1ccc(Cl)cc1)c1ccc2c(c1)N(Cc1ccc(F)cc1)C(=O)c1ccccc1[S@]2=O. The Morgan fingerprint density at radius 2 is 1.58 bits per heavy atom. The highest BCUT2D eigenvalue weighted by atomic mass is 35.5. The molecule has 5 rings (SSSR count). The molecule has 0 saturated heterocycles. The molecule has 0 bridgehead atoms. The van der Waals surface area contributed by atoms with E-state index in [4.69, 9.17) is 11.6 Å². The molecule has 2 amide bonds. The van der Waals surface area contributed by atoms with E-state index in [1.54, 1.807) is 66.7 Å². The lowest BCUT2D eigenvalue weighted by molar-refractivity contribution is 0.0947. The third kappa shape index (κ3) is 4.80. The molecule has 0 spiro atoms. The van der Waals surface area contributed by atoms with Crippen molar-refractivity contribution in [1.82, 2.24) is 5.32 Å². The van der Waals surface area contributed by atoms with Crippen LogP contribution in [0.5, 0.6) is 0 Å². The molecule has 1 N–H and O–H groups in total. The molecular weight excluding hydrogens is 499 g/mol. The average molecular weight is 519 g/mol. The van der Waals surface area contributed by atoms with E-state index in [0.717, 1.165) is 5.56 Å². The molecule has 0 aromatic heterocycles. The van der Waals surface area contributed by atoms with Crippen molar-refractivity contribution in [3.63, 3.8) is 0 Å². The smallest absolute Gasteiger partial charge is 0.259 e. The summed E-state index contributed by atoms with van der Waals surface area (Å²) in [4.78, 5) is 28.9. The van der Waals surface area contributed by atoms with Gasteiger partial charge in [-0.15, -0.1) is 0 Å². The number of halogens is 2. The number of benzene rings is 4. The van der Waals surface area contributed by atoms with E-state index in [-0.39, 0.29) is 24.2 Å². The Morgan fingerprint density at radius 1 is 0.889 bits per heavy atom. The van der Waals surface area contributed by atoms with Crippen molar-refractivity contribution in [2.75, 3.05) is 4.90 Å². The number of nitrogens with one attached hydrogen (secondary N) is 1. The van der Waals surface area contributed by atoms with Crippen LogP contribution in [0.1, 0.15) is 31.8 Å². The Kier molecular flexibility index (Phi) is 6.67. The predicted molar refractivity (Wildman–Crippen MR) is 137 cm³/mol. The van der Waals surface area contributed by atoms with Crippen molar-refractivity contribution < 1.29 is 18.2 Å². The minimum Gasteiger partial charge on any atom is -0.348 e. The van der Waals surface area contributed by atoms with Crippen LogP contribution in [0.15, 0.2) is 101 Å². The second kappa shape index (κ2) is 10.0. The van der Waals surface area contributed by atoms with E-state index in [1.807, 2.05) is 12.1 Å². The molecule has 4 aromatic carbocycles. The Labute approximate surface area is 215 Å². The van der Waals surface area contributed by atoms with Crippen molar-refractivity contribution in [1.29, 1.82) is 0 Å². The number of hydrogen-bond donors (Lipinski definition) is 1. The molecule has 0 unspecified atom stereocenters. The number of nitrogens with zero attached hydrogens (tertiary/aromatic N) is 1. The molecule has 36 heavy (non-hydrogen) atoms. The van der Waals surface area contributed by atoms with Crippen molar-refractivity contribution >= 4 is 39.9 Å². The lowest BCUT2D eigenvalue weighted by atomic mass is 10.1. The van der Waals surface area contributed by atoms with Crippen LogP contribution in [0.25, 0.3) is 0 Å². The number of anilines is 1. The Bertz CT molecular complexity index is 1490. The fourth-order valence-corrected chi connectivity index (χ4v) is 5.49. The molecule has 1 aliphatic heterocycles. The van der Waals surface area contributed by atoms with Crippen LogP contribution in [0, 0.1) is 5.82 Å². The summed E-state index contributed by atoms with van der Waals surface area (Å²) < 4.78 is 27.0. The molecule has 1 aliphatic rings. The maximum absolute atomic E-state index is 13.6. The Balaban J connectivity index is 1.52. The molecule has 0 radical (unpaired) electrons. The third-order valence-electron chi connectivity index (χ3n) is 5.89. The summed E-state index contributed by atoms with van der Waals surface area (Å²) in [6.45, 7) is 0.413. The van der Waals surface area contributed by atoms with Gasteiger partial charge in [0.1, 0.15) is 5.82 Å². The molecule has 4 aromatic rings. The summed E-state index contributed by atoms with van der Waals surface area (Å²) in [6, 6.07) is 24.5. The normalized spacial score (nSPS) is 14.6. The van der Waals surface area contributed by atoms with Gasteiger partial charge in [0.15, 0.2) is 0 Å². The number of amides is 2. The molecule has 5 nitrogen and oxygen atoms in total. The summed E-state index contributed by atoms with van der Waals surface area (Å²) in [5, 5.41) is 3.47. The zero-order chi connectivity index (χ0) is 25.2. The largest absolute Gasteiger partial charge is 0.348 e. The lowest BCUT2D eigenvalue weighted by Gasteiger charge is -2.23. The van der Waals surface area contributed by atoms with Gasteiger partial charge in [0, 0.05) is 17.1 Å². The first-order valence-corrected chi connectivity index (χ1v) is 12.7. The van der Waals surface area contributed by atoms with Crippen LogP contribution in [-0.4, -0.2) is 16.0 Å².